The van der Waals surface area contributed by atoms with E-state index in [-0.39, 0.29) is 19.1 Å². The summed E-state index contributed by atoms with van der Waals surface area (Å²) in [6.07, 6.45) is 5.49. The van der Waals surface area contributed by atoms with E-state index in [4.69, 9.17) is 14.1 Å². The minimum atomic E-state index is -1.12. The fourth-order valence-electron chi connectivity index (χ4n) is 6.03. The topological polar surface area (TPSA) is 139 Å². The number of carbonyl (C=O) groups is 3. The van der Waals surface area contributed by atoms with Crippen LogP contribution in [0.5, 0.6) is 5.88 Å². The predicted octanol–water partition coefficient (Wildman–Crippen LogP) is 2.98. The van der Waals surface area contributed by atoms with Crippen molar-refractivity contribution in [1.29, 1.82) is 0 Å². The number of likely N-dealkylation sites (tertiary alicyclic amines) is 1. The number of carbonyl (C=O) groups excluding carboxylic acids is 3. The third-order valence-corrected chi connectivity index (χ3v) is 8.33. The molecular formula is C30H41BN4O7. The third kappa shape index (κ3) is 6.98. The molecule has 1 aromatic heterocycles. The lowest BCUT2D eigenvalue weighted by Gasteiger charge is -2.35. The van der Waals surface area contributed by atoms with E-state index in [1.165, 1.54) is 4.90 Å². The molecule has 3 amide bonds. The van der Waals surface area contributed by atoms with Crippen LogP contribution in [-0.2, 0) is 19.0 Å². The van der Waals surface area contributed by atoms with Crippen molar-refractivity contribution in [3.63, 3.8) is 0 Å². The van der Waals surface area contributed by atoms with Crippen LogP contribution in [0.4, 0.5) is 4.79 Å². The van der Waals surface area contributed by atoms with Gasteiger partial charge in [0.25, 0.3) is 0 Å². The van der Waals surface area contributed by atoms with Gasteiger partial charge in [-0.05, 0) is 61.5 Å². The van der Waals surface area contributed by atoms with Gasteiger partial charge in [0.05, 0.1) is 12.5 Å². The summed E-state index contributed by atoms with van der Waals surface area (Å²) in [6.45, 7) is 6.13. The molecule has 1 saturated carbocycles. The van der Waals surface area contributed by atoms with Crippen LogP contribution >= 0.6 is 0 Å². The second-order valence-electron chi connectivity index (χ2n) is 12.6. The van der Waals surface area contributed by atoms with E-state index in [1.54, 1.807) is 6.20 Å². The fraction of sp³-hybridized carbons (Fsp3) is 0.600. The lowest BCUT2D eigenvalue weighted by molar-refractivity contribution is -0.142. The van der Waals surface area contributed by atoms with Crippen LogP contribution in [0, 0.1) is 5.41 Å². The Hall–Kier alpha value is -3.38. The smallest absolute Gasteiger partial charge is 0.472 e. The summed E-state index contributed by atoms with van der Waals surface area (Å²) in [7, 11) is -1.12. The second kappa shape index (κ2) is 12.9. The normalized spacial score (nSPS) is 24.0. The standard InChI is InChI=1S/C30H41BN4O7/c1-30(2,3)25(34-29(38)42-20-10-5-6-11-20)28(37)35-18-21(41-27-22-12-7-4-9-19(22)14-15-32-27)17-23(35)26(36)33-24-13-8-16-40-31(24)39/h4,7,9,12,14-15,20-21,23-25,39H,5-6,8,10-11,13,16-18H2,1-3H3,(H,33,36)(H,34,38)/t21-,23+,24+,25-/m1/s1. The number of nitrogens with one attached hydrogen (secondary N) is 2. The van der Waals surface area contributed by atoms with Crippen molar-refractivity contribution in [1.82, 2.24) is 20.5 Å². The fourth-order valence-corrected chi connectivity index (χ4v) is 6.03. The number of benzene rings is 1. The highest BCUT2D eigenvalue weighted by Gasteiger charge is 2.47. The van der Waals surface area contributed by atoms with Gasteiger partial charge in [0.2, 0.25) is 17.7 Å². The van der Waals surface area contributed by atoms with E-state index in [0.717, 1.165) is 36.5 Å². The van der Waals surface area contributed by atoms with Crippen molar-refractivity contribution in [3.05, 3.63) is 36.5 Å². The Morgan fingerprint density at radius 3 is 2.60 bits per heavy atom. The summed E-state index contributed by atoms with van der Waals surface area (Å²) in [5.41, 5.74) is -0.670. The molecule has 0 radical (unpaired) electrons. The molecule has 2 aromatic rings. The van der Waals surface area contributed by atoms with E-state index in [2.05, 4.69) is 15.6 Å². The molecule has 0 unspecified atom stereocenters. The first-order valence-electron chi connectivity index (χ1n) is 15.0. The van der Waals surface area contributed by atoms with Crippen molar-refractivity contribution in [2.45, 2.75) is 95.9 Å². The Bertz CT molecular complexity index is 1280. The van der Waals surface area contributed by atoms with Crippen LogP contribution in [0.15, 0.2) is 36.5 Å². The van der Waals surface area contributed by atoms with Gasteiger partial charge in [0.15, 0.2) is 0 Å². The largest absolute Gasteiger partial charge is 0.478 e. The number of nitrogens with zero attached hydrogens (tertiary/aromatic N) is 2. The second-order valence-corrected chi connectivity index (χ2v) is 12.6. The minimum absolute atomic E-state index is 0.122. The highest BCUT2D eigenvalue weighted by Crippen LogP contribution is 2.31. The molecule has 226 valence electrons. The van der Waals surface area contributed by atoms with Gasteiger partial charge in [-0.15, -0.1) is 0 Å². The maximum absolute atomic E-state index is 14.2. The van der Waals surface area contributed by atoms with E-state index in [9.17, 15) is 19.4 Å². The summed E-state index contributed by atoms with van der Waals surface area (Å²) in [5, 5.41) is 17.8. The maximum atomic E-state index is 14.2. The molecule has 0 bridgehead atoms. The predicted molar refractivity (Wildman–Crippen MR) is 156 cm³/mol. The first-order chi connectivity index (χ1) is 20.1. The molecule has 5 rings (SSSR count). The lowest BCUT2D eigenvalue weighted by Crippen LogP contribution is -2.59. The number of hydrogen-bond acceptors (Lipinski definition) is 8. The third-order valence-electron chi connectivity index (χ3n) is 8.33. The van der Waals surface area contributed by atoms with E-state index >= 15 is 0 Å². The van der Waals surface area contributed by atoms with Crippen LogP contribution in [0.2, 0.25) is 0 Å². The summed E-state index contributed by atoms with van der Waals surface area (Å²) in [5.74, 6) is -0.964. The Balaban J connectivity index is 1.37. The number of rotatable bonds is 7. The Labute approximate surface area is 246 Å². The zero-order valence-electron chi connectivity index (χ0n) is 24.6. The molecule has 2 saturated heterocycles. The Morgan fingerprint density at radius 2 is 1.86 bits per heavy atom. The van der Waals surface area contributed by atoms with Crippen LogP contribution in [-0.4, -0.2) is 83.3 Å². The van der Waals surface area contributed by atoms with Crippen LogP contribution in [0.3, 0.4) is 0 Å². The minimum Gasteiger partial charge on any atom is -0.472 e. The van der Waals surface area contributed by atoms with Crippen molar-refractivity contribution in [2.75, 3.05) is 13.2 Å². The first kappa shape index (κ1) is 30.1. The number of amides is 3. The van der Waals surface area contributed by atoms with Gasteiger partial charge in [0, 0.05) is 24.6 Å². The molecule has 11 nitrogen and oxygen atoms in total. The molecule has 0 spiro atoms. The van der Waals surface area contributed by atoms with Crippen LogP contribution in [0.1, 0.15) is 65.7 Å². The highest BCUT2D eigenvalue weighted by atomic mass is 16.6. The summed E-state index contributed by atoms with van der Waals surface area (Å²) < 4.78 is 17.2. The van der Waals surface area contributed by atoms with Crippen molar-refractivity contribution in [2.24, 2.45) is 5.41 Å². The summed E-state index contributed by atoms with van der Waals surface area (Å²) in [4.78, 5) is 46.6. The molecule has 1 aliphatic carbocycles. The molecule has 2 aliphatic heterocycles. The van der Waals surface area contributed by atoms with E-state index in [1.807, 2.05) is 51.1 Å². The molecule has 3 N–H and O–H groups in total. The quantitative estimate of drug-likeness (QED) is 0.425. The SMILES string of the molecule is CC(C)(C)[C@H](NC(=O)OC1CCCC1)C(=O)N1C[C@H](Oc2nccc3ccccc23)C[C@H]1C(=O)N[C@H]1CCCOB1O. The van der Waals surface area contributed by atoms with Crippen molar-refractivity contribution < 1.29 is 33.5 Å². The summed E-state index contributed by atoms with van der Waals surface area (Å²) >= 11 is 0. The molecule has 3 fully saturated rings. The molecule has 3 heterocycles. The van der Waals surface area contributed by atoms with Gasteiger partial charge < -0.3 is 34.7 Å². The number of ether oxygens (including phenoxy) is 2. The zero-order chi connectivity index (χ0) is 29.9. The van der Waals surface area contributed by atoms with E-state index in [0.29, 0.717) is 25.3 Å². The number of fused-ring (bicyclic) bond motifs is 1. The van der Waals surface area contributed by atoms with Gasteiger partial charge >= 0.3 is 13.2 Å². The monoisotopic (exact) mass is 580 g/mol. The number of hydrogen-bond donors (Lipinski definition) is 3. The van der Waals surface area contributed by atoms with Crippen molar-refractivity contribution in [3.8, 4) is 5.88 Å². The number of aromatic nitrogens is 1. The average Bonchev–Trinajstić information content (AvgIpc) is 3.62. The number of alkyl carbamates (subject to hydrolysis) is 1. The average molecular weight is 580 g/mol. The first-order valence-corrected chi connectivity index (χ1v) is 15.0. The van der Waals surface area contributed by atoms with Crippen molar-refractivity contribution >= 4 is 35.8 Å². The lowest BCUT2D eigenvalue weighted by atomic mass is 9.74. The molecule has 1 aromatic carbocycles. The van der Waals surface area contributed by atoms with Gasteiger partial charge in [-0.3, -0.25) is 9.59 Å². The highest BCUT2D eigenvalue weighted by molar-refractivity contribution is 6.45. The number of pyridine rings is 1. The van der Waals surface area contributed by atoms with Gasteiger partial charge in [-0.1, -0.05) is 39.0 Å². The van der Waals surface area contributed by atoms with Crippen LogP contribution in [0.25, 0.3) is 10.8 Å². The van der Waals surface area contributed by atoms with Gasteiger partial charge in [-0.25, -0.2) is 9.78 Å². The van der Waals surface area contributed by atoms with Gasteiger partial charge in [0.1, 0.15) is 24.3 Å². The molecular weight excluding hydrogens is 539 g/mol. The van der Waals surface area contributed by atoms with E-state index < -0.39 is 54.6 Å². The van der Waals surface area contributed by atoms with Gasteiger partial charge in [-0.2, -0.15) is 0 Å². The maximum Gasteiger partial charge on any atom is 0.478 e. The molecule has 42 heavy (non-hydrogen) atoms. The molecule has 3 aliphatic rings. The molecule has 12 heteroatoms. The molecule has 4 atom stereocenters. The Morgan fingerprint density at radius 1 is 1.10 bits per heavy atom. The zero-order valence-corrected chi connectivity index (χ0v) is 24.6. The summed E-state index contributed by atoms with van der Waals surface area (Å²) in [6, 6.07) is 7.78. The Kier molecular flexibility index (Phi) is 9.22. The van der Waals surface area contributed by atoms with Crippen LogP contribution < -0.4 is 15.4 Å².